The molecule has 1 aromatic carbocycles. The van der Waals surface area contributed by atoms with E-state index in [1.54, 1.807) is 12.1 Å². The van der Waals surface area contributed by atoms with Gasteiger partial charge in [-0.25, -0.2) is 4.39 Å². The molecule has 0 bridgehead atoms. The van der Waals surface area contributed by atoms with Gasteiger partial charge in [-0.3, -0.25) is 4.79 Å². The first kappa shape index (κ1) is 8.36. The van der Waals surface area contributed by atoms with E-state index in [1.165, 1.54) is 18.2 Å². The lowest BCUT2D eigenvalue weighted by Gasteiger charge is -2.06. The van der Waals surface area contributed by atoms with Gasteiger partial charge in [0, 0.05) is 5.57 Å². The third kappa shape index (κ3) is 1.11. The van der Waals surface area contributed by atoms with Gasteiger partial charge in [0.1, 0.15) is 5.82 Å². The molecule has 2 aliphatic carbocycles. The molecule has 0 radical (unpaired) electrons. The lowest BCUT2D eigenvalue weighted by Crippen LogP contribution is -2.00. The Morgan fingerprint density at radius 3 is 2.87 bits per heavy atom. The zero-order valence-electron chi connectivity index (χ0n) is 7.83. The topological polar surface area (TPSA) is 17.1 Å². The van der Waals surface area contributed by atoms with Crippen LogP contribution in [-0.2, 0) is 4.79 Å². The Morgan fingerprint density at radius 1 is 1.13 bits per heavy atom. The van der Waals surface area contributed by atoms with Crippen LogP contribution in [0.3, 0.4) is 0 Å². The number of rotatable bonds is 0. The molecule has 0 unspecified atom stereocenters. The number of fused-ring (bicyclic) bond motifs is 3. The quantitative estimate of drug-likeness (QED) is 0.626. The molecular weight excluding hydrogens is 191 g/mol. The van der Waals surface area contributed by atoms with Crippen molar-refractivity contribution in [1.82, 2.24) is 0 Å². The van der Waals surface area contributed by atoms with Crippen molar-refractivity contribution in [2.75, 3.05) is 0 Å². The van der Waals surface area contributed by atoms with Crippen LogP contribution < -0.4 is 0 Å². The lowest BCUT2D eigenvalue weighted by molar-refractivity contribution is -0.110. The van der Waals surface area contributed by atoms with Gasteiger partial charge in [-0.15, -0.1) is 0 Å². The standard InChI is InChI=1S/C13H7FO/c14-9-5-4-8-6-12-10(11(8)7-9)2-1-3-13(12)15/h1-7H. The number of ketones is 1. The van der Waals surface area contributed by atoms with Crippen LogP contribution in [0.4, 0.5) is 4.39 Å². The highest BCUT2D eigenvalue weighted by atomic mass is 19.1. The van der Waals surface area contributed by atoms with Gasteiger partial charge in [0.2, 0.25) is 0 Å². The molecule has 0 heterocycles. The van der Waals surface area contributed by atoms with Gasteiger partial charge < -0.3 is 0 Å². The third-order valence-electron chi connectivity index (χ3n) is 2.67. The molecule has 0 aliphatic heterocycles. The molecule has 0 amide bonds. The summed E-state index contributed by atoms with van der Waals surface area (Å²) >= 11 is 0. The number of allylic oxidation sites excluding steroid dienone is 5. The summed E-state index contributed by atoms with van der Waals surface area (Å²) in [5, 5.41) is 0. The van der Waals surface area contributed by atoms with E-state index in [0.29, 0.717) is 5.57 Å². The molecule has 0 spiro atoms. The molecule has 15 heavy (non-hydrogen) atoms. The van der Waals surface area contributed by atoms with Crippen LogP contribution in [0.1, 0.15) is 11.1 Å². The van der Waals surface area contributed by atoms with Crippen molar-refractivity contribution in [1.29, 1.82) is 0 Å². The van der Waals surface area contributed by atoms with Crippen molar-refractivity contribution in [3.8, 4) is 0 Å². The Labute approximate surface area is 86.2 Å². The first-order valence-corrected chi connectivity index (χ1v) is 4.70. The van der Waals surface area contributed by atoms with Crippen LogP contribution in [0.25, 0.3) is 11.6 Å². The molecule has 0 atom stereocenters. The summed E-state index contributed by atoms with van der Waals surface area (Å²) in [5.41, 5.74) is 3.22. The van der Waals surface area contributed by atoms with E-state index < -0.39 is 0 Å². The maximum atomic E-state index is 13.1. The highest BCUT2D eigenvalue weighted by molar-refractivity contribution is 6.23. The van der Waals surface area contributed by atoms with Crippen LogP contribution in [-0.4, -0.2) is 5.78 Å². The van der Waals surface area contributed by atoms with Crippen LogP contribution in [0.5, 0.6) is 0 Å². The first-order chi connectivity index (χ1) is 7.25. The van der Waals surface area contributed by atoms with E-state index in [1.807, 2.05) is 12.2 Å². The number of halogens is 1. The van der Waals surface area contributed by atoms with E-state index in [2.05, 4.69) is 0 Å². The van der Waals surface area contributed by atoms with E-state index >= 15 is 0 Å². The fraction of sp³-hybridized carbons (Fsp3) is 0. The van der Waals surface area contributed by atoms with Crippen molar-refractivity contribution in [3.63, 3.8) is 0 Å². The zero-order chi connectivity index (χ0) is 10.4. The summed E-state index contributed by atoms with van der Waals surface area (Å²) < 4.78 is 13.1. The summed E-state index contributed by atoms with van der Waals surface area (Å²) in [5.74, 6) is -0.282. The van der Waals surface area contributed by atoms with Crippen LogP contribution in [0, 0.1) is 5.82 Å². The maximum Gasteiger partial charge on any atom is 0.186 e. The molecule has 0 fully saturated rings. The number of carbonyl (C=O) groups excluding carboxylic acids is 1. The summed E-state index contributed by atoms with van der Waals surface area (Å²) in [7, 11) is 0. The molecule has 0 saturated carbocycles. The monoisotopic (exact) mass is 198 g/mol. The molecule has 0 N–H and O–H groups in total. The Kier molecular flexibility index (Phi) is 1.54. The number of carbonyl (C=O) groups is 1. The van der Waals surface area contributed by atoms with E-state index in [4.69, 9.17) is 0 Å². The summed E-state index contributed by atoms with van der Waals surface area (Å²) in [4.78, 5) is 11.5. The molecule has 2 heteroatoms. The van der Waals surface area contributed by atoms with E-state index in [-0.39, 0.29) is 11.6 Å². The number of hydrogen-bond acceptors (Lipinski definition) is 1. The minimum Gasteiger partial charge on any atom is -0.289 e. The SMILES string of the molecule is O=C1C=CC=C2C1=Cc1ccc(F)cc12. The minimum absolute atomic E-state index is 0.0101. The average molecular weight is 198 g/mol. The highest BCUT2D eigenvalue weighted by Crippen LogP contribution is 2.37. The van der Waals surface area contributed by atoms with Gasteiger partial charge in [-0.05, 0) is 41.0 Å². The molecular formula is C13H7FO. The van der Waals surface area contributed by atoms with Gasteiger partial charge in [0.25, 0.3) is 0 Å². The summed E-state index contributed by atoms with van der Waals surface area (Å²) in [6, 6.07) is 4.58. The van der Waals surface area contributed by atoms with E-state index in [9.17, 15) is 9.18 Å². The fourth-order valence-electron chi connectivity index (χ4n) is 1.97. The predicted molar refractivity (Wildman–Crippen MR) is 56.5 cm³/mol. The second-order valence-corrected chi connectivity index (χ2v) is 3.59. The van der Waals surface area contributed by atoms with E-state index in [0.717, 1.165) is 16.7 Å². The normalized spacial score (nSPS) is 17.0. The van der Waals surface area contributed by atoms with Crippen LogP contribution >= 0.6 is 0 Å². The van der Waals surface area contributed by atoms with Gasteiger partial charge in [-0.2, -0.15) is 0 Å². The Hall–Kier alpha value is -1.96. The Morgan fingerprint density at radius 2 is 2.00 bits per heavy atom. The van der Waals surface area contributed by atoms with Crippen molar-refractivity contribution >= 4 is 17.4 Å². The van der Waals surface area contributed by atoms with Gasteiger partial charge in [-0.1, -0.05) is 18.2 Å². The first-order valence-electron chi connectivity index (χ1n) is 4.70. The molecule has 1 aromatic rings. The number of benzene rings is 1. The third-order valence-corrected chi connectivity index (χ3v) is 2.67. The second-order valence-electron chi connectivity index (χ2n) is 3.59. The van der Waals surface area contributed by atoms with Crippen molar-refractivity contribution < 1.29 is 9.18 Å². The largest absolute Gasteiger partial charge is 0.289 e. The zero-order valence-corrected chi connectivity index (χ0v) is 7.83. The van der Waals surface area contributed by atoms with Gasteiger partial charge >= 0.3 is 0 Å². The molecule has 2 aliphatic rings. The van der Waals surface area contributed by atoms with Crippen molar-refractivity contribution in [3.05, 3.63) is 58.9 Å². The highest BCUT2D eigenvalue weighted by Gasteiger charge is 2.24. The molecule has 0 saturated heterocycles. The Balaban J connectivity index is 2.27. The molecule has 3 rings (SSSR count). The Bertz CT molecular complexity index is 562. The van der Waals surface area contributed by atoms with Crippen LogP contribution in [0.2, 0.25) is 0 Å². The van der Waals surface area contributed by atoms with Crippen molar-refractivity contribution in [2.24, 2.45) is 0 Å². The average Bonchev–Trinajstić information content (AvgIpc) is 2.58. The summed E-state index contributed by atoms with van der Waals surface area (Å²) in [6.07, 6.45) is 6.89. The number of hydrogen-bond donors (Lipinski definition) is 0. The molecule has 1 nitrogen and oxygen atoms in total. The second kappa shape index (κ2) is 2.76. The fourth-order valence-corrected chi connectivity index (χ4v) is 1.97. The molecule has 0 aromatic heterocycles. The summed E-state index contributed by atoms with van der Waals surface area (Å²) in [6.45, 7) is 0. The van der Waals surface area contributed by atoms with Gasteiger partial charge in [0.05, 0.1) is 0 Å². The van der Waals surface area contributed by atoms with Crippen molar-refractivity contribution in [2.45, 2.75) is 0 Å². The van der Waals surface area contributed by atoms with Gasteiger partial charge in [0.15, 0.2) is 5.78 Å². The smallest absolute Gasteiger partial charge is 0.186 e. The lowest BCUT2D eigenvalue weighted by atomic mass is 9.96. The van der Waals surface area contributed by atoms with Crippen LogP contribution in [0.15, 0.2) is 42.0 Å². The maximum absolute atomic E-state index is 13.1. The predicted octanol–water partition coefficient (Wildman–Crippen LogP) is 2.75. The minimum atomic E-state index is -0.272. The molecule has 72 valence electrons.